The highest BCUT2D eigenvalue weighted by atomic mass is 16.3. The second kappa shape index (κ2) is 6.02. The van der Waals surface area contributed by atoms with Gasteiger partial charge in [-0.2, -0.15) is 5.10 Å². The Bertz CT molecular complexity index is 907. The molecule has 25 heavy (non-hydrogen) atoms. The maximum absolute atomic E-state index is 13.1. The van der Waals surface area contributed by atoms with Crippen LogP contribution in [-0.2, 0) is 0 Å². The lowest BCUT2D eigenvalue weighted by Crippen LogP contribution is -2.29. The van der Waals surface area contributed by atoms with Gasteiger partial charge in [-0.15, -0.1) is 0 Å². The van der Waals surface area contributed by atoms with Crippen LogP contribution in [-0.4, -0.2) is 39.2 Å². The average Bonchev–Trinajstić information content (AvgIpc) is 3.09. The van der Waals surface area contributed by atoms with Crippen molar-refractivity contribution in [2.45, 2.75) is 32.7 Å². The molecule has 4 rings (SSSR count). The standard InChI is InChI=1S/C19H22N4O2/c1-12(2)23-18-15(10-20-23)14(19(24)22(3)11-13-6-7-13)9-16(21-18)17-5-4-8-25-17/h4-5,8-10,12-13H,6-7,11H2,1-3H3. The Balaban J connectivity index is 1.84. The molecule has 3 heterocycles. The second-order valence-corrected chi connectivity index (χ2v) is 7.08. The van der Waals surface area contributed by atoms with Gasteiger partial charge in [-0.25, -0.2) is 9.67 Å². The Kier molecular flexibility index (Phi) is 3.82. The molecule has 1 aliphatic rings. The minimum absolute atomic E-state index is 0.00964. The minimum Gasteiger partial charge on any atom is -0.463 e. The van der Waals surface area contributed by atoms with E-state index >= 15 is 0 Å². The zero-order chi connectivity index (χ0) is 17.6. The number of pyridine rings is 1. The fraction of sp³-hybridized carbons (Fsp3) is 0.421. The van der Waals surface area contributed by atoms with E-state index in [1.165, 1.54) is 12.8 Å². The third-order valence-corrected chi connectivity index (χ3v) is 4.64. The van der Waals surface area contributed by atoms with Crippen molar-refractivity contribution in [2.75, 3.05) is 13.6 Å². The molecule has 0 N–H and O–H groups in total. The van der Waals surface area contributed by atoms with Crippen LogP contribution in [0.25, 0.3) is 22.5 Å². The Hall–Kier alpha value is -2.63. The van der Waals surface area contributed by atoms with Gasteiger partial charge in [-0.1, -0.05) is 0 Å². The van der Waals surface area contributed by atoms with Gasteiger partial charge in [0.1, 0.15) is 5.69 Å². The van der Waals surface area contributed by atoms with E-state index < -0.39 is 0 Å². The smallest absolute Gasteiger partial charge is 0.254 e. The van der Waals surface area contributed by atoms with E-state index in [2.05, 4.69) is 5.10 Å². The highest BCUT2D eigenvalue weighted by Crippen LogP contribution is 2.31. The van der Waals surface area contributed by atoms with Crippen LogP contribution in [0.2, 0.25) is 0 Å². The average molecular weight is 338 g/mol. The summed E-state index contributed by atoms with van der Waals surface area (Å²) in [6.45, 7) is 4.90. The molecule has 1 saturated carbocycles. The van der Waals surface area contributed by atoms with Crippen molar-refractivity contribution in [1.29, 1.82) is 0 Å². The topological polar surface area (TPSA) is 64.2 Å². The summed E-state index contributed by atoms with van der Waals surface area (Å²) in [6, 6.07) is 5.65. The summed E-state index contributed by atoms with van der Waals surface area (Å²) in [6.07, 6.45) is 5.78. The Morgan fingerprint density at radius 1 is 1.44 bits per heavy atom. The Labute approximate surface area is 146 Å². The van der Waals surface area contributed by atoms with Crippen LogP contribution in [0.1, 0.15) is 43.1 Å². The monoisotopic (exact) mass is 338 g/mol. The number of amides is 1. The summed E-state index contributed by atoms with van der Waals surface area (Å²) in [5, 5.41) is 5.23. The zero-order valence-corrected chi connectivity index (χ0v) is 14.8. The molecule has 130 valence electrons. The lowest BCUT2D eigenvalue weighted by molar-refractivity contribution is 0.0790. The summed E-state index contributed by atoms with van der Waals surface area (Å²) in [5.74, 6) is 1.31. The van der Waals surface area contributed by atoms with E-state index in [4.69, 9.17) is 9.40 Å². The molecule has 0 aliphatic heterocycles. The van der Waals surface area contributed by atoms with E-state index in [0.717, 1.165) is 11.9 Å². The lowest BCUT2D eigenvalue weighted by atomic mass is 10.1. The van der Waals surface area contributed by atoms with Crippen LogP contribution in [0.4, 0.5) is 0 Å². The molecule has 0 aromatic carbocycles. The molecular weight excluding hydrogens is 316 g/mol. The van der Waals surface area contributed by atoms with E-state index in [1.807, 2.05) is 48.7 Å². The highest BCUT2D eigenvalue weighted by Gasteiger charge is 2.27. The molecule has 0 saturated heterocycles. The first-order chi connectivity index (χ1) is 12.0. The number of carbonyl (C=O) groups excluding carboxylic acids is 1. The number of aromatic nitrogens is 3. The van der Waals surface area contributed by atoms with Crippen LogP contribution in [0, 0.1) is 5.92 Å². The predicted molar refractivity (Wildman–Crippen MR) is 95.3 cm³/mol. The van der Waals surface area contributed by atoms with Crippen molar-refractivity contribution >= 4 is 16.9 Å². The largest absolute Gasteiger partial charge is 0.463 e. The van der Waals surface area contributed by atoms with Crippen LogP contribution >= 0.6 is 0 Å². The maximum Gasteiger partial charge on any atom is 0.254 e. The van der Waals surface area contributed by atoms with Gasteiger partial charge < -0.3 is 9.32 Å². The van der Waals surface area contributed by atoms with Crippen molar-refractivity contribution in [1.82, 2.24) is 19.7 Å². The first-order valence-electron chi connectivity index (χ1n) is 8.72. The van der Waals surface area contributed by atoms with E-state index in [1.54, 1.807) is 12.5 Å². The van der Waals surface area contributed by atoms with Crippen molar-refractivity contribution in [2.24, 2.45) is 5.92 Å². The summed E-state index contributed by atoms with van der Waals surface area (Å²) in [5.41, 5.74) is 2.00. The first kappa shape index (κ1) is 15.9. The van der Waals surface area contributed by atoms with Gasteiger partial charge in [0.2, 0.25) is 0 Å². The zero-order valence-electron chi connectivity index (χ0n) is 14.8. The number of rotatable bonds is 5. The Morgan fingerprint density at radius 2 is 2.24 bits per heavy atom. The van der Waals surface area contributed by atoms with Gasteiger partial charge in [0, 0.05) is 19.6 Å². The van der Waals surface area contributed by atoms with Crippen molar-refractivity contribution < 1.29 is 9.21 Å². The third-order valence-electron chi connectivity index (χ3n) is 4.64. The van der Waals surface area contributed by atoms with Gasteiger partial charge in [0.05, 0.1) is 23.4 Å². The first-order valence-corrected chi connectivity index (χ1v) is 8.72. The van der Waals surface area contributed by atoms with Crippen molar-refractivity contribution in [3.05, 3.63) is 36.2 Å². The number of nitrogens with zero attached hydrogens (tertiary/aromatic N) is 4. The van der Waals surface area contributed by atoms with Crippen molar-refractivity contribution in [3.8, 4) is 11.5 Å². The van der Waals surface area contributed by atoms with Crippen molar-refractivity contribution in [3.63, 3.8) is 0 Å². The van der Waals surface area contributed by atoms with Gasteiger partial charge in [0.15, 0.2) is 11.4 Å². The third kappa shape index (κ3) is 2.92. The molecule has 1 aliphatic carbocycles. The van der Waals surface area contributed by atoms with Gasteiger partial charge in [-0.3, -0.25) is 4.79 Å². The molecular formula is C19H22N4O2. The van der Waals surface area contributed by atoms with Crippen LogP contribution in [0.15, 0.2) is 35.1 Å². The van der Waals surface area contributed by atoms with Crippen LogP contribution < -0.4 is 0 Å². The van der Waals surface area contributed by atoms with Crippen LogP contribution in [0.5, 0.6) is 0 Å². The predicted octanol–water partition coefficient (Wildman–Crippen LogP) is 3.75. The fourth-order valence-corrected chi connectivity index (χ4v) is 3.10. The number of hydrogen-bond acceptors (Lipinski definition) is 4. The molecule has 0 unspecified atom stereocenters. The molecule has 6 heteroatoms. The molecule has 3 aromatic heterocycles. The lowest BCUT2D eigenvalue weighted by Gasteiger charge is -2.18. The molecule has 0 radical (unpaired) electrons. The number of carbonyl (C=O) groups is 1. The highest BCUT2D eigenvalue weighted by molar-refractivity contribution is 6.06. The molecule has 0 bridgehead atoms. The number of fused-ring (bicyclic) bond motifs is 1. The van der Waals surface area contributed by atoms with Gasteiger partial charge in [-0.05, 0) is 50.8 Å². The van der Waals surface area contributed by atoms with E-state index in [-0.39, 0.29) is 11.9 Å². The Morgan fingerprint density at radius 3 is 2.88 bits per heavy atom. The molecule has 1 fully saturated rings. The summed E-state index contributed by atoms with van der Waals surface area (Å²) < 4.78 is 7.34. The number of furan rings is 1. The molecule has 1 amide bonds. The summed E-state index contributed by atoms with van der Waals surface area (Å²) in [4.78, 5) is 19.6. The SMILES string of the molecule is CC(C)n1ncc2c(C(=O)N(C)CC3CC3)cc(-c3ccco3)nc21. The van der Waals surface area contributed by atoms with Gasteiger partial charge >= 0.3 is 0 Å². The fourth-order valence-electron chi connectivity index (χ4n) is 3.10. The molecule has 3 aromatic rings. The van der Waals surface area contributed by atoms with Gasteiger partial charge in [0.25, 0.3) is 5.91 Å². The number of hydrogen-bond donors (Lipinski definition) is 0. The maximum atomic E-state index is 13.1. The summed E-state index contributed by atoms with van der Waals surface area (Å²) in [7, 11) is 1.87. The normalized spacial score (nSPS) is 14.4. The molecule has 0 atom stereocenters. The quantitative estimate of drug-likeness (QED) is 0.710. The molecule has 0 spiro atoms. The molecule has 6 nitrogen and oxygen atoms in total. The van der Waals surface area contributed by atoms with Crippen LogP contribution in [0.3, 0.4) is 0 Å². The van der Waals surface area contributed by atoms with E-state index in [9.17, 15) is 4.79 Å². The summed E-state index contributed by atoms with van der Waals surface area (Å²) >= 11 is 0. The van der Waals surface area contributed by atoms with E-state index in [0.29, 0.717) is 28.6 Å². The second-order valence-electron chi connectivity index (χ2n) is 7.08. The minimum atomic E-state index is 0.00964.